The summed E-state index contributed by atoms with van der Waals surface area (Å²) in [4.78, 5) is 2.33. The van der Waals surface area contributed by atoms with Gasteiger partial charge in [0.25, 0.3) is 0 Å². The van der Waals surface area contributed by atoms with Crippen molar-refractivity contribution >= 4 is 0 Å². The highest BCUT2D eigenvalue weighted by atomic mass is 16.5. The van der Waals surface area contributed by atoms with Crippen molar-refractivity contribution in [1.82, 2.24) is 4.90 Å². The SMILES string of the molecule is CC1C=C(N(C)CCCOCCOCCOCCCN)CCC1N. The molecular weight excluding hydrogens is 306 g/mol. The summed E-state index contributed by atoms with van der Waals surface area (Å²) in [6.45, 7) is 7.88. The van der Waals surface area contributed by atoms with Crippen LogP contribution in [-0.2, 0) is 14.2 Å². The van der Waals surface area contributed by atoms with E-state index in [4.69, 9.17) is 25.7 Å². The Bertz CT molecular complexity index is 339. The van der Waals surface area contributed by atoms with Crippen LogP contribution < -0.4 is 11.5 Å². The number of hydrogen-bond donors (Lipinski definition) is 2. The van der Waals surface area contributed by atoms with Gasteiger partial charge in [-0.3, -0.25) is 0 Å². The van der Waals surface area contributed by atoms with Gasteiger partial charge in [-0.05, 0) is 38.1 Å². The molecule has 0 bridgehead atoms. The summed E-state index contributed by atoms with van der Waals surface area (Å²) in [6.07, 6.45) is 6.42. The number of hydrogen-bond acceptors (Lipinski definition) is 6. The highest BCUT2D eigenvalue weighted by molar-refractivity contribution is 5.09. The van der Waals surface area contributed by atoms with Gasteiger partial charge in [0.1, 0.15) is 0 Å². The van der Waals surface area contributed by atoms with E-state index in [1.165, 1.54) is 5.70 Å². The highest BCUT2D eigenvalue weighted by Gasteiger charge is 2.19. The number of nitrogens with zero attached hydrogens (tertiary/aromatic N) is 1. The molecule has 4 N–H and O–H groups in total. The second kappa shape index (κ2) is 13.6. The number of ether oxygens (including phenoxy) is 3. The van der Waals surface area contributed by atoms with E-state index in [1.54, 1.807) is 0 Å². The molecule has 0 saturated heterocycles. The monoisotopic (exact) mass is 343 g/mol. The lowest BCUT2D eigenvalue weighted by Crippen LogP contribution is -2.33. The Morgan fingerprint density at radius 2 is 1.62 bits per heavy atom. The van der Waals surface area contributed by atoms with Crippen molar-refractivity contribution in [3.05, 3.63) is 11.8 Å². The fourth-order valence-electron chi connectivity index (χ4n) is 2.68. The number of nitrogens with two attached hydrogens (primary N) is 2. The molecule has 0 aromatic rings. The summed E-state index contributed by atoms with van der Waals surface area (Å²) >= 11 is 0. The molecule has 0 aliphatic heterocycles. The minimum Gasteiger partial charge on any atom is -0.379 e. The minimum absolute atomic E-state index is 0.316. The zero-order valence-electron chi connectivity index (χ0n) is 15.5. The average Bonchev–Trinajstić information content (AvgIpc) is 2.58. The van der Waals surface area contributed by atoms with Gasteiger partial charge in [0.15, 0.2) is 0 Å². The van der Waals surface area contributed by atoms with Crippen LogP contribution in [-0.4, -0.2) is 70.7 Å². The first-order valence-corrected chi connectivity index (χ1v) is 9.26. The molecule has 1 aliphatic carbocycles. The van der Waals surface area contributed by atoms with Crippen molar-refractivity contribution in [3.8, 4) is 0 Å². The van der Waals surface area contributed by atoms with E-state index < -0.39 is 0 Å². The molecule has 2 atom stereocenters. The Morgan fingerprint density at radius 3 is 2.21 bits per heavy atom. The average molecular weight is 344 g/mol. The maximum absolute atomic E-state index is 6.05. The Balaban J connectivity index is 1.90. The molecule has 0 radical (unpaired) electrons. The second-order valence-corrected chi connectivity index (χ2v) is 6.47. The molecule has 0 spiro atoms. The van der Waals surface area contributed by atoms with Crippen LogP contribution in [0.3, 0.4) is 0 Å². The molecule has 142 valence electrons. The van der Waals surface area contributed by atoms with Gasteiger partial charge >= 0.3 is 0 Å². The Labute approximate surface area is 147 Å². The third-order valence-corrected chi connectivity index (χ3v) is 4.37. The van der Waals surface area contributed by atoms with Crippen LogP contribution in [0.15, 0.2) is 11.8 Å². The van der Waals surface area contributed by atoms with Gasteiger partial charge in [-0.15, -0.1) is 0 Å². The quantitative estimate of drug-likeness (QED) is 0.463. The molecule has 6 heteroatoms. The van der Waals surface area contributed by atoms with Crippen molar-refractivity contribution in [1.29, 1.82) is 0 Å². The number of allylic oxidation sites excluding steroid dienone is 1. The predicted octanol–water partition coefficient (Wildman–Crippen LogP) is 1.35. The van der Waals surface area contributed by atoms with Crippen molar-refractivity contribution in [2.24, 2.45) is 17.4 Å². The Kier molecular flexibility index (Phi) is 12.1. The van der Waals surface area contributed by atoms with Crippen LogP contribution >= 0.6 is 0 Å². The first-order valence-electron chi connectivity index (χ1n) is 9.26. The lowest BCUT2D eigenvalue weighted by molar-refractivity contribution is 0.0134. The van der Waals surface area contributed by atoms with E-state index in [-0.39, 0.29) is 0 Å². The van der Waals surface area contributed by atoms with Crippen LogP contribution in [0.2, 0.25) is 0 Å². The van der Waals surface area contributed by atoms with Crippen LogP contribution in [0.5, 0.6) is 0 Å². The van der Waals surface area contributed by atoms with Gasteiger partial charge in [-0.2, -0.15) is 0 Å². The summed E-state index contributed by atoms with van der Waals surface area (Å²) in [5, 5.41) is 0. The van der Waals surface area contributed by atoms with Gasteiger partial charge in [-0.25, -0.2) is 0 Å². The maximum Gasteiger partial charge on any atom is 0.0701 e. The van der Waals surface area contributed by atoms with E-state index in [0.717, 1.165) is 38.8 Å². The van der Waals surface area contributed by atoms with Gasteiger partial charge < -0.3 is 30.6 Å². The topological polar surface area (TPSA) is 83.0 Å². The first-order chi connectivity index (χ1) is 11.6. The summed E-state index contributed by atoms with van der Waals surface area (Å²) in [5.41, 5.74) is 12.9. The zero-order valence-corrected chi connectivity index (χ0v) is 15.5. The van der Waals surface area contributed by atoms with Crippen molar-refractivity contribution in [2.45, 2.75) is 38.6 Å². The van der Waals surface area contributed by atoms with Crippen LogP contribution in [0, 0.1) is 5.92 Å². The van der Waals surface area contributed by atoms with Crippen molar-refractivity contribution in [2.75, 3.05) is 59.8 Å². The van der Waals surface area contributed by atoms with Crippen LogP contribution in [0.1, 0.15) is 32.6 Å². The zero-order chi connectivity index (χ0) is 17.6. The van der Waals surface area contributed by atoms with Crippen LogP contribution in [0.25, 0.3) is 0 Å². The number of rotatable bonds is 14. The summed E-state index contributed by atoms with van der Waals surface area (Å²) < 4.78 is 16.4. The molecule has 0 heterocycles. The largest absolute Gasteiger partial charge is 0.379 e. The lowest BCUT2D eigenvalue weighted by atomic mass is 9.90. The summed E-state index contributed by atoms with van der Waals surface area (Å²) in [5.74, 6) is 0.476. The maximum atomic E-state index is 6.05. The molecule has 0 fully saturated rings. The Hall–Kier alpha value is -0.660. The van der Waals surface area contributed by atoms with Gasteiger partial charge in [0.05, 0.1) is 26.4 Å². The third-order valence-electron chi connectivity index (χ3n) is 4.37. The van der Waals surface area contributed by atoms with E-state index in [0.29, 0.717) is 51.5 Å². The molecule has 0 aromatic carbocycles. The van der Waals surface area contributed by atoms with Gasteiger partial charge in [0, 0.05) is 38.5 Å². The molecular formula is C18H37N3O3. The standard InChI is InChI=1S/C18H37N3O3/c1-16-15-17(5-6-18(16)20)21(2)8-4-10-23-12-14-24-13-11-22-9-3-7-19/h15-16,18H,3-14,19-20H2,1-2H3. The van der Waals surface area contributed by atoms with Crippen LogP contribution in [0.4, 0.5) is 0 Å². The lowest BCUT2D eigenvalue weighted by Gasteiger charge is -2.30. The molecule has 0 amide bonds. The Morgan fingerprint density at radius 1 is 1.04 bits per heavy atom. The summed E-state index contributed by atoms with van der Waals surface area (Å²) in [7, 11) is 2.16. The normalized spacial score (nSPS) is 20.9. The minimum atomic E-state index is 0.316. The van der Waals surface area contributed by atoms with E-state index in [9.17, 15) is 0 Å². The van der Waals surface area contributed by atoms with Crippen molar-refractivity contribution in [3.63, 3.8) is 0 Å². The van der Waals surface area contributed by atoms with E-state index in [1.807, 2.05) is 0 Å². The highest BCUT2D eigenvalue weighted by Crippen LogP contribution is 2.23. The molecule has 2 unspecified atom stereocenters. The predicted molar refractivity (Wildman–Crippen MR) is 97.8 cm³/mol. The molecule has 0 aromatic heterocycles. The summed E-state index contributed by atoms with van der Waals surface area (Å²) in [6, 6.07) is 0.316. The first kappa shape index (κ1) is 21.4. The molecule has 6 nitrogen and oxygen atoms in total. The third kappa shape index (κ3) is 9.59. The van der Waals surface area contributed by atoms with Gasteiger partial charge in [-0.1, -0.05) is 13.0 Å². The molecule has 1 rings (SSSR count). The van der Waals surface area contributed by atoms with Crippen molar-refractivity contribution < 1.29 is 14.2 Å². The fourth-order valence-corrected chi connectivity index (χ4v) is 2.68. The second-order valence-electron chi connectivity index (χ2n) is 6.47. The van der Waals surface area contributed by atoms with E-state index >= 15 is 0 Å². The van der Waals surface area contributed by atoms with E-state index in [2.05, 4.69) is 24.9 Å². The molecule has 1 aliphatic rings. The molecule has 24 heavy (non-hydrogen) atoms. The van der Waals surface area contributed by atoms with Gasteiger partial charge in [0.2, 0.25) is 0 Å². The molecule has 0 saturated carbocycles. The fraction of sp³-hybridized carbons (Fsp3) is 0.889. The smallest absolute Gasteiger partial charge is 0.0701 e.